The molecule has 0 spiro atoms. The van der Waals surface area contributed by atoms with E-state index in [0.29, 0.717) is 0 Å². The molecule has 0 saturated carbocycles. The number of rotatable bonds is 4. The van der Waals surface area contributed by atoms with Gasteiger partial charge >= 0.3 is 0 Å². The van der Waals surface area contributed by atoms with E-state index in [0.717, 1.165) is 13.2 Å². The summed E-state index contributed by atoms with van der Waals surface area (Å²) in [5.74, 6) is 5.67. The van der Waals surface area contributed by atoms with Crippen LogP contribution >= 0.6 is 23.5 Å². The molecule has 0 radical (unpaired) electrons. The number of hydrogen-bond donors (Lipinski definition) is 0. The Morgan fingerprint density at radius 3 is 1.20 bits per heavy atom. The Morgan fingerprint density at radius 1 is 0.700 bits per heavy atom. The molecule has 2 saturated heterocycles. The van der Waals surface area contributed by atoms with Crippen LogP contribution in [0.2, 0.25) is 0 Å². The molecule has 0 aromatic carbocycles. The van der Waals surface area contributed by atoms with Gasteiger partial charge in [-0.3, -0.25) is 0 Å². The fraction of sp³-hybridized carbons (Fsp3) is 1.00. The summed E-state index contributed by atoms with van der Waals surface area (Å²) >= 11 is 4.19. The second-order valence-electron chi connectivity index (χ2n) is 4.82. The molecule has 4 heteroatoms. The third-order valence-electron chi connectivity index (χ3n) is 2.96. The van der Waals surface area contributed by atoms with Crippen LogP contribution in [0.3, 0.4) is 0 Å². The predicted molar refractivity (Wildman–Crippen MR) is 95.1 cm³/mol. The lowest BCUT2D eigenvalue weighted by Crippen LogP contribution is -2.11. The highest BCUT2D eigenvalue weighted by atomic mass is 32.2. The van der Waals surface area contributed by atoms with Gasteiger partial charge < -0.3 is 9.47 Å². The first-order valence-electron chi connectivity index (χ1n) is 8.20. The Kier molecular flexibility index (Phi) is 18.2. The van der Waals surface area contributed by atoms with Crippen LogP contribution in [-0.2, 0) is 9.47 Å². The van der Waals surface area contributed by atoms with E-state index in [4.69, 9.17) is 9.47 Å². The molecule has 2 aliphatic rings. The Bertz CT molecular complexity index is 131. The van der Waals surface area contributed by atoms with Crippen molar-refractivity contribution in [1.82, 2.24) is 0 Å². The predicted octanol–water partition coefficient (Wildman–Crippen LogP) is 5.21. The van der Waals surface area contributed by atoms with Crippen LogP contribution < -0.4 is 0 Å². The fourth-order valence-corrected chi connectivity index (χ4v) is 3.93. The highest BCUT2D eigenvalue weighted by Crippen LogP contribution is 2.15. The van der Waals surface area contributed by atoms with E-state index in [9.17, 15) is 0 Å². The van der Waals surface area contributed by atoms with Gasteiger partial charge in [0.1, 0.15) is 0 Å². The summed E-state index contributed by atoms with van der Waals surface area (Å²) in [6.45, 7) is 7.25. The van der Waals surface area contributed by atoms with Gasteiger partial charge in [-0.1, -0.05) is 12.8 Å². The van der Waals surface area contributed by atoms with Crippen molar-refractivity contribution < 1.29 is 9.47 Å². The minimum Gasteiger partial charge on any atom is -0.353 e. The first-order valence-corrected chi connectivity index (χ1v) is 10.5. The minimum absolute atomic E-state index is 0.0370. The summed E-state index contributed by atoms with van der Waals surface area (Å²) in [5, 5.41) is 0. The Hall–Kier alpha value is 0.620. The maximum Gasteiger partial charge on any atom is 0.154 e. The molecule has 0 unspecified atom stereocenters. The van der Waals surface area contributed by atoms with Crippen LogP contribution in [0.25, 0.3) is 0 Å². The van der Waals surface area contributed by atoms with Crippen LogP contribution in [0, 0.1) is 0 Å². The third kappa shape index (κ3) is 16.7. The maximum absolute atomic E-state index is 5.06. The quantitative estimate of drug-likeness (QED) is 0.661. The first-order chi connectivity index (χ1) is 9.81. The van der Waals surface area contributed by atoms with Crippen molar-refractivity contribution in [2.24, 2.45) is 0 Å². The first kappa shape index (κ1) is 20.6. The molecule has 0 amide bonds. The van der Waals surface area contributed by atoms with E-state index in [-0.39, 0.29) is 6.29 Å². The van der Waals surface area contributed by atoms with E-state index < -0.39 is 0 Å². The van der Waals surface area contributed by atoms with E-state index in [1.165, 1.54) is 61.5 Å². The molecule has 2 heterocycles. The van der Waals surface area contributed by atoms with Gasteiger partial charge in [0.25, 0.3) is 0 Å². The van der Waals surface area contributed by atoms with Crippen molar-refractivity contribution >= 4 is 23.5 Å². The van der Waals surface area contributed by atoms with Gasteiger partial charge in [0.05, 0.1) is 0 Å². The zero-order valence-electron chi connectivity index (χ0n) is 13.7. The average molecular weight is 323 g/mol. The number of hydrogen-bond acceptors (Lipinski definition) is 4. The van der Waals surface area contributed by atoms with Gasteiger partial charge in [0, 0.05) is 13.2 Å². The molecule has 2 rings (SSSR count). The SMILES string of the molecule is C1CCSCC1.C1CCSCC1.CCOC(C)OCC. The largest absolute Gasteiger partial charge is 0.353 e. The normalized spacial score (nSPS) is 18.6. The second-order valence-corrected chi connectivity index (χ2v) is 7.27. The molecule has 2 nitrogen and oxygen atoms in total. The lowest BCUT2D eigenvalue weighted by Gasteiger charge is -2.09. The van der Waals surface area contributed by atoms with Crippen LogP contribution in [0.4, 0.5) is 0 Å². The molecular weight excluding hydrogens is 288 g/mol. The van der Waals surface area contributed by atoms with Gasteiger partial charge in [-0.15, -0.1) is 0 Å². The summed E-state index contributed by atoms with van der Waals surface area (Å²) in [7, 11) is 0. The Morgan fingerprint density at radius 2 is 1.05 bits per heavy atom. The summed E-state index contributed by atoms with van der Waals surface area (Å²) in [6.07, 6.45) is 8.77. The zero-order valence-corrected chi connectivity index (χ0v) is 15.3. The lowest BCUT2D eigenvalue weighted by molar-refractivity contribution is -0.123. The zero-order chi connectivity index (χ0) is 14.9. The van der Waals surface area contributed by atoms with Gasteiger partial charge in [-0.25, -0.2) is 0 Å². The Balaban J connectivity index is 0.000000274. The van der Waals surface area contributed by atoms with Gasteiger partial charge in [-0.05, 0) is 69.5 Å². The molecule has 2 aliphatic heterocycles. The van der Waals surface area contributed by atoms with Crippen LogP contribution in [0.5, 0.6) is 0 Å². The van der Waals surface area contributed by atoms with Gasteiger partial charge in [-0.2, -0.15) is 23.5 Å². The third-order valence-corrected chi connectivity index (χ3v) is 5.27. The summed E-state index contributed by atoms with van der Waals surface area (Å²) in [5.41, 5.74) is 0. The van der Waals surface area contributed by atoms with Gasteiger partial charge in [0.15, 0.2) is 6.29 Å². The molecular formula is C16H34O2S2. The molecule has 122 valence electrons. The highest BCUT2D eigenvalue weighted by molar-refractivity contribution is 7.99. The summed E-state index contributed by atoms with van der Waals surface area (Å²) < 4.78 is 10.1. The van der Waals surface area contributed by atoms with Crippen molar-refractivity contribution in [3.63, 3.8) is 0 Å². The van der Waals surface area contributed by atoms with Crippen molar-refractivity contribution in [2.75, 3.05) is 36.2 Å². The maximum atomic E-state index is 5.06. The summed E-state index contributed by atoms with van der Waals surface area (Å²) in [4.78, 5) is 0. The van der Waals surface area contributed by atoms with Crippen LogP contribution in [0.15, 0.2) is 0 Å². The van der Waals surface area contributed by atoms with Gasteiger partial charge in [0.2, 0.25) is 0 Å². The smallest absolute Gasteiger partial charge is 0.154 e. The number of thioether (sulfide) groups is 2. The highest BCUT2D eigenvalue weighted by Gasteiger charge is 1.96. The van der Waals surface area contributed by atoms with E-state index in [1.54, 1.807) is 0 Å². The van der Waals surface area contributed by atoms with Crippen molar-refractivity contribution in [3.05, 3.63) is 0 Å². The van der Waals surface area contributed by atoms with E-state index >= 15 is 0 Å². The standard InChI is InChI=1S/C6H14O2.2C5H10S/c1-4-7-6(3)8-5-2;2*1-2-4-6-5-3-1/h6H,4-5H2,1-3H3;2*1-5H2. The fourth-order valence-electron chi connectivity index (χ4n) is 1.89. The van der Waals surface area contributed by atoms with Crippen molar-refractivity contribution in [1.29, 1.82) is 0 Å². The molecule has 0 aliphatic carbocycles. The molecule has 0 atom stereocenters. The monoisotopic (exact) mass is 322 g/mol. The molecule has 0 aromatic rings. The Labute approximate surface area is 135 Å². The molecule has 0 bridgehead atoms. The van der Waals surface area contributed by atoms with Crippen LogP contribution in [0.1, 0.15) is 59.3 Å². The molecule has 0 aromatic heterocycles. The summed E-state index contributed by atoms with van der Waals surface area (Å²) in [6, 6.07) is 0. The topological polar surface area (TPSA) is 18.5 Å². The van der Waals surface area contributed by atoms with Crippen molar-refractivity contribution in [2.45, 2.75) is 65.6 Å². The van der Waals surface area contributed by atoms with E-state index in [1.807, 2.05) is 20.8 Å². The molecule has 20 heavy (non-hydrogen) atoms. The lowest BCUT2D eigenvalue weighted by atomic mass is 10.3. The van der Waals surface area contributed by atoms with Crippen molar-refractivity contribution in [3.8, 4) is 0 Å². The van der Waals surface area contributed by atoms with Crippen LogP contribution in [-0.4, -0.2) is 42.5 Å². The minimum atomic E-state index is -0.0370. The average Bonchev–Trinajstić information content (AvgIpc) is 2.52. The second kappa shape index (κ2) is 17.7. The molecule has 2 fully saturated rings. The molecule has 0 N–H and O–H groups in total. The number of ether oxygens (including phenoxy) is 2. The van der Waals surface area contributed by atoms with E-state index in [2.05, 4.69) is 23.5 Å².